The highest BCUT2D eigenvalue weighted by molar-refractivity contribution is 7.92. The van der Waals surface area contributed by atoms with Gasteiger partial charge in [0.15, 0.2) is 0 Å². The summed E-state index contributed by atoms with van der Waals surface area (Å²) in [7, 11) is -3.24. The van der Waals surface area contributed by atoms with E-state index < -0.39 is 16.1 Å². The van der Waals surface area contributed by atoms with Crippen LogP contribution in [0.4, 0.5) is 5.69 Å². The van der Waals surface area contributed by atoms with Crippen LogP contribution in [0.2, 0.25) is 0 Å². The number of aliphatic hydroxyl groups excluding tert-OH is 1. The standard InChI is InChI=1S/C20H26N2O3S/c1-26(24,25)22-18-10-6-15(7-11-18)12-13-21-14-17-9-8-16-4-2-3-5-19(16)20(17)23/h2-7,10-11,17,20-23H,8-9,12-14H2,1H3/t17?,20-/m0/s1. The first-order chi connectivity index (χ1) is 12.4. The van der Waals surface area contributed by atoms with Gasteiger partial charge in [-0.1, -0.05) is 36.4 Å². The fourth-order valence-corrected chi connectivity index (χ4v) is 4.05. The monoisotopic (exact) mass is 374 g/mol. The zero-order valence-corrected chi connectivity index (χ0v) is 15.8. The van der Waals surface area contributed by atoms with Crippen molar-refractivity contribution in [2.75, 3.05) is 24.1 Å². The van der Waals surface area contributed by atoms with Gasteiger partial charge in [-0.05, 0) is 54.6 Å². The molecule has 0 radical (unpaired) electrons. The Hall–Kier alpha value is -1.89. The van der Waals surface area contributed by atoms with E-state index in [-0.39, 0.29) is 5.92 Å². The molecule has 0 heterocycles. The quantitative estimate of drug-likeness (QED) is 0.651. The van der Waals surface area contributed by atoms with E-state index in [0.717, 1.165) is 49.7 Å². The molecule has 26 heavy (non-hydrogen) atoms. The molecular formula is C20H26N2O3S. The molecule has 1 aliphatic rings. The summed E-state index contributed by atoms with van der Waals surface area (Å²) >= 11 is 0. The molecule has 0 bridgehead atoms. The smallest absolute Gasteiger partial charge is 0.229 e. The Morgan fingerprint density at radius 1 is 1.12 bits per heavy atom. The van der Waals surface area contributed by atoms with E-state index in [1.807, 2.05) is 30.3 Å². The van der Waals surface area contributed by atoms with Crippen molar-refractivity contribution >= 4 is 15.7 Å². The highest BCUT2D eigenvalue weighted by atomic mass is 32.2. The fourth-order valence-electron chi connectivity index (χ4n) is 3.49. The maximum absolute atomic E-state index is 11.2. The Kier molecular flexibility index (Phi) is 5.96. The Morgan fingerprint density at radius 2 is 1.85 bits per heavy atom. The molecule has 0 aromatic heterocycles. The van der Waals surface area contributed by atoms with Crippen LogP contribution in [0.15, 0.2) is 48.5 Å². The number of nitrogens with one attached hydrogen (secondary N) is 2. The van der Waals surface area contributed by atoms with E-state index in [4.69, 9.17) is 0 Å². The minimum atomic E-state index is -3.24. The maximum Gasteiger partial charge on any atom is 0.229 e. The number of fused-ring (bicyclic) bond motifs is 1. The maximum atomic E-state index is 11.2. The summed E-state index contributed by atoms with van der Waals surface area (Å²) in [6, 6.07) is 15.6. The predicted molar refractivity (Wildman–Crippen MR) is 105 cm³/mol. The van der Waals surface area contributed by atoms with E-state index in [1.54, 1.807) is 12.1 Å². The summed E-state index contributed by atoms with van der Waals surface area (Å²) in [6.45, 7) is 1.62. The number of sulfonamides is 1. The number of anilines is 1. The molecule has 0 saturated carbocycles. The Bertz CT molecular complexity index is 834. The summed E-state index contributed by atoms with van der Waals surface area (Å²) < 4.78 is 24.9. The van der Waals surface area contributed by atoms with Crippen molar-refractivity contribution in [3.8, 4) is 0 Å². The summed E-state index contributed by atoms with van der Waals surface area (Å²) in [4.78, 5) is 0. The fraction of sp³-hybridized carbons (Fsp3) is 0.400. The molecule has 3 rings (SSSR count). The lowest BCUT2D eigenvalue weighted by Gasteiger charge is -2.30. The Labute approximate surface area is 155 Å². The lowest BCUT2D eigenvalue weighted by molar-refractivity contribution is 0.0931. The molecule has 3 N–H and O–H groups in total. The van der Waals surface area contributed by atoms with Crippen LogP contribution in [-0.2, 0) is 22.9 Å². The third-order valence-electron chi connectivity index (χ3n) is 4.86. The van der Waals surface area contributed by atoms with Crippen LogP contribution < -0.4 is 10.0 Å². The van der Waals surface area contributed by atoms with Gasteiger partial charge < -0.3 is 10.4 Å². The molecular weight excluding hydrogens is 348 g/mol. The van der Waals surface area contributed by atoms with Crippen molar-refractivity contribution in [3.63, 3.8) is 0 Å². The third-order valence-corrected chi connectivity index (χ3v) is 5.47. The molecule has 0 saturated heterocycles. The van der Waals surface area contributed by atoms with E-state index >= 15 is 0 Å². The SMILES string of the molecule is CS(=O)(=O)Nc1ccc(CCNCC2CCc3ccccc3[C@H]2O)cc1. The van der Waals surface area contributed by atoms with Gasteiger partial charge in [-0.15, -0.1) is 0 Å². The van der Waals surface area contributed by atoms with Gasteiger partial charge in [0.1, 0.15) is 0 Å². The van der Waals surface area contributed by atoms with Crippen LogP contribution in [0, 0.1) is 5.92 Å². The van der Waals surface area contributed by atoms with Gasteiger partial charge in [0.25, 0.3) is 0 Å². The number of aryl methyl sites for hydroxylation is 1. The molecule has 2 aromatic carbocycles. The minimum Gasteiger partial charge on any atom is -0.388 e. The highest BCUT2D eigenvalue weighted by Crippen LogP contribution is 2.33. The van der Waals surface area contributed by atoms with Crippen LogP contribution in [0.3, 0.4) is 0 Å². The summed E-state index contributed by atoms with van der Waals surface area (Å²) in [5.74, 6) is 0.242. The normalized spacial score (nSPS) is 19.8. The van der Waals surface area contributed by atoms with Crippen molar-refractivity contribution in [1.82, 2.24) is 5.32 Å². The van der Waals surface area contributed by atoms with Crippen LogP contribution in [-0.4, -0.2) is 32.9 Å². The van der Waals surface area contributed by atoms with Crippen LogP contribution in [0.25, 0.3) is 0 Å². The van der Waals surface area contributed by atoms with Gasteiger partial charge >= 0.3 is 0 Å². The van der Waals surface area contributed by atoms with Crippen LogP contribution >= 0.6 is 0 Å². The Morgan fingerprint density at radius 3 is 2.58 bits per heavy atom. The Balaban J connectivity index is 1.45. The number of rotatable bonds is 7. The number of benzene rings is 2. The van der Waals surface area contributed by atoms with Gasteiger partial charge in [-0.3, -0.25) is 4.72 Å². The van der Waals surface area contributed by atoms with E-state index in [9.17, 15) is 13.5 Å². The van der Waals surface area contributed by atoms with Gasteiger partial charge in [-0.25, -0.2) is 8.42 Å². The molecule has 1 unspecified atom stereocenters. The zero-order valence-electron chi connectivity index (χ0n) is 15.0. The number of hydrogen-bond acceptors (Lipinski definition) is 4. The number of hydrogen-bond donors (Lipinski definition) is 3. The van der Waals surface area contributed by atoms with Crippen molar-refractivity contribution < 1.29 is 13.5 Å². The largest absolute Gasteiger partial charge is 0.388 e. The van der Waals surface area contributed by atoms with E-state index in [0.29, 0.717) is 5.69 Å². The van der Waals surface area contributed by atoms with Crippen LogP contribution in [0.5, 0.6) is 0 Å². The second-order valence-corrected chi connectivity index (χ2v) is 8.72. The molecule has 2 aromatic rings. The summed E-state index contributed by atoms with van der Waals surface area (Å²) in [6.07, 6.45) is 3.63. The molecule has 1 aliphatic carbocycles. The van der Waals surface area contributed by atoms with Gasteiger partial charge in [-0.2, -0.15) is 0 Å². The molecule has 140 valence electrons. The molecule has 6 heteroatoms. The molecule has 0 fully saturated rings. The van der Waals surface area contributed by atoms with Crippen molar-refractivity contribution in [2.24, 2.45) is 5.92 Å². The second-order valence-electron chi connectivity index (χ2n) is 6.97. The second kappa shape index (κ2) is 8.20. The number of aliphatic hydroxyl groups is 1. The first kappa shape index (κ1) is 18.9. The third kappa shape index (κ3) is 5.06. The first-order valence-electron chi connectivity index (χ1n) is 8.96. The van der Waals surface area contributed by atoms with E-state index in [2.05, 4.69) is 16.1 Å². The lowest BCUT2D eigenvalue weighted by atomic mass is 9.81. The van der Waals surface area contributed by atoms with Crippen LogP contribution in [0.1, 0.15) is 29.2 Å². The summed E-state index contributed by atoms with van der Waals surface area (Å²) in [5, 5.41) is 14.0. The lowest BCUT2D eigenvalue weighted by Crippen LogP contribution is -2.31. The van der Waals surface area contributed by atoms with Crippen molar-refractivity contribution in [1.29, 1.82) is 0 Å². The average Bonchev–Trinajstić information content (AvgIpc) is 2.61. The average molecular weight is 375 g/mol. The van der Waals surface area contributed by atoms with Crippen molar-refractivity contribution in [3.05, 3.63) is 65.2 Å². The minimum absolute atomic E-state index is 0.242. The van der Waals surface area contributed by atoms with Gasteiger partial charge in [0.2, 0.25) is 10.0 Å². The molecule has 0 amide bonds. The topological polar surface area (TPSA) is 78.4 Å². The van der Waals surface area contributed by atoms with Gasteiger partial charge in [0.05, 0.1) is 12.4 Å². The predicted octanol–water partition coefficient (Wildman–Crippen LogP) is 2.49. The summed E-state index contributed by atoms with van der Waals surface area (Å²) in [5.41, 5.74) is 4.05. The first-order valence-corrected chi connectivity index (χ1v) is 10.8. The zero-order chi connectivity index (χ0) is 18.6. The molecule has 0 aliphatic heterocycles. The molecule has 0 spiro atoms. The van der Waals surface area contributed by atoms with E-state index in [1.165, 1.54) is 5.56 Å². The van der Waals surface area contributed by atoms with Gasteiger partial charge in [0, 0.05) is 18.2 Å². The molecule has 5 nitrogen and oxygen atoms in total. The highest BCUT2D eigenvalue weighted by Gasteiger charge is 2.26. The molecule has 2 atom stereocenters. The van der Waals surface area contributed by atoms with Crippen molar-refractivity contribution in [2.45, 2.75) is 25.4 Å².